The number of nitro benzene ring substituents is 1. The predicted octanol–water partition coefficient (Wildman–Crippen LogP) is 4.40. The third-order valence-corrected chi connectivity index (χ3v) is 7.91. The second kappa shape index (κ2) is 7.97. The molecule has 8 nitrogen and oxygen atoms in total. The Morgan fingerprint density at radius 3 is 2.52 bits per heavy atom. The van der Waals surface area contributed by atoms with Crippen molar-refractivity contribution in [1.82, 2.24) is 9.29 Å². The van der Waals surface area contributed by atoms with Gasteiger partial charge in [-0.1, -0.05) is 11.6 Å². The van der Waals surface area contributed by atoms with Crippen LogP contribution in [0.5, 0.6) is 0 Å². The second-order valence-electron chi connectivity index (χ2n) is 8.12. The van der Waals surface area contributed by atoms with Crippen LogP contribution in [-0.2, 0) is 16.6 Å². The average molecular weight is 443 g/mol. The minimum atomic E-state index is -3.82. The number of nitrogens with one attached hydrogen (secondary N) is 2. The van der Waals surface area contributed by atoms with Gasteiger partial charge < -0.3 is 10.3 Å². The molecule has 0 unspecified atom stereocenters. The summed E-state index contributed by atoms with van der Waals surface area (Å²) in [7, 11) is -3.82. The first-order valence-electron chi connectivity index (χ1n) is 10.3. The Bertz CT molecular complexity index is 1270. The number of hydrogen-bond acceptors (Lipinski definition) is 5. The zero-order chi connectivity index (χ0) is 22.3. The van der Waals surface area contributed by atoms with Crippen molar-refractivity contribution in [3.8, 4) is 0 Å². The molecule has 0 radical (unpaired) electrons. The van der Waals surface area contributed by atoms with Crippen molar-refractivity contribution in [3.63, 3.8) is 0 Å². The molecule has 164 valence electrons. The van der Waals surface area contributed by atoms with Crippen LogP contribution < -0.4 is 5.32 Å². The van der Waals surface area contributed by atoms with E-state index in [1.165, 1.54) is 22.0 Å². The van der Waals surface area contributed by atoms with Crippen LogP contribution in [0.1, 0.15) is 35.2 Å². The van der Waals surface area contributed by atoms with Crippen molar-refractivity contribution in [2.24, 2.45) is 0 Å². The van der Waals surface area contributed by atoms with Gasteiger partial charge in [0.05, 0.1) is 16.1 Å². The average Bonchev–Trinajstić information content (AvgIpc) is 3.36. The van der Waals surface area contributed by atoms with Crippen molar-refractivity contribution >= 4 is 32.3 Å². The zero-order valence-electron chi connectivity index (χ0n) is 17.9. The highest BCUT2D eigenvalue weighted by Crippen LogP contribution is 2.32. The third kappa shape index (κ3) is 3.90. The molecular weight excluding hydrogens is 416 g/mol. The number of nitro groups is 1. The van der Waals surface area contributed by atoms with Crippen LogP contribution in [0.15, 0.2) is 35.2 Å². The van der Waals surface area contributed by atoms with Gasteiger partial charge in [-0.05, 0) is 56.9 Å². The van der Waals surface area contributed by atoms with E-state index in [1.807, 2.05) is 13.8 Å². The molecule has 9 heteroatoms. The predicted molar refractivity (Wildman–Crippen MR) is 121 cm³/mol. The Hall–Kier alpha value is -2.91. The van der Waals surface area contributed by atoms with E-state index in [0.717, 1.165) is 46.6 Å². The van der Waals surface area contributed by atoms with Gasteiger partial charge in [0.2, 0.25) is 10.0 Å². The van der Waals surface area contributed by atoms with E-state index in [2.05, 4.69) is 29.4 Å². The standard InChI is InChI=1S/C22H26N4O4S/c1-14-10-17(22-19(11-14)15(2)16(3)24-22)13-23-20-7-6-18(26(27)28)12-21(20)31(29,30)25-8-4-5-9-25/h6-7,10-12,23-24H,4-5,8-9,13H2,1-3H3. The van der Waals surface area contributed by atoms with E-state index in [9.17, 15) is 18.5 Å². The molecule has 1 aliphatic rings. The lowest BCUT2D eigenvalue weighted by molar-refractivity contribution is -0.385. The summed E-state index contributed by atoms with van der Waals surface area (Å²) in [4.78, 5) is 14.1. The summed E-state index contributed by atoms with van der Waals surface area (Å²) in [6.07, 6.45) is 1.59. The molecule has 0 bridgehead atoms. The lowest BCUT2D eigenvalue weighted by Crippen LogP contribution is -2.28. The van der Waals surface area contributed by atoms with Gasteiger partial charge in [-0.15, -0.1) is 0 Å². The molecule has 1 fully saturated rings. The summed E-state index contributed by atoms with van der Waals surface area (Å²) < 4.78 is 27.8. The summed E-state index contributed by atoms with van der Waals surface area (Å²) in [6, 6.07) is 8.17. The van der Waals surface area contributed by atoms with Gasteiger partial charge in [0, 0.05) is 42.8 Å². The van der Waals surface area contributed by atoms with Crippen LogP contribution in [0, 0.1) is 30.9 Å². The number of hydrogen-bond donors (Lipinski definition) is 2. The monoisotopic (exact) mass is 442 g/mol. The molecule has 2 N–H and O–H groups in total. The molecule has 0 saturated carbocycles. The Morgan fingerprint density at radius 2 is 1.84 bits per heavy atom. The van der Waals surface area contributed by atoms with Gasteiger partial charge in [0.15, 0.2) is 0 Å². The van der Waals surface area contributed by atoms with Crippen molar-refractivity contribution in [2.75, 3.05) is 18.4 Å². The van der Waals surface area contributed by atoms with Crippen LogP contribution in [0.25, 0.3) is 10.9 Å². The van der Waals surface area contributed by atoms with Crippen LogP contribution >= 0.6 is 0 Å². The normalized spacial score (nSPS) is 14.9. The van der Waals surface area contributed by atoms with Gasteiger partial charge in [0.25, 0.3) is 5.69 Å². The van der Waals surface area contributed by atoms with E-state index in [1.54, 1.807) is 0 Å². The Morgan fingerprint density at radius 1 is 1.13 bits per heavy atom. The third-order valence-electron chi connectivity index (χ3n) is 5.97. The number of nitrogens with zero attached hydrogens (tertiary/aromatic N) is 2. The van der Waals surface area contributed by atoms with Crippen LogP contribution in [-0.4, -0.2) is 35.7 Å². The first-order valence-corrected chi connectivity index (χ1v) is 11.7. The second-order valence-corrected chi connectivity index (χ2v) is 10.0. The molecule has 2 heterocycles. The maximum Gasteiger partial charge on any atom is 0.270 e. The first-order chi connectivity index (χ1) is 14.7. The maximum absolute atomic E-state index is 13.2. The first kappa shape index (κ1) is 21.3. The summed E-state index contributed by atoms with van der Waals surface area (Å²) in [5, 5.41) is 15.6. The molecule has 3 aromatic rings. The molecular formula is C22H26N4O4S. The molecule has 0 aliphatic carbocycles. The minimum Gasteiger partial charge on any atom is -0.380 e. The van der Waals surface area contributed by atoms with Crippen LogP contribution in [0.3, 0.4) is 0 Å². The number of anilines is 1. The summed E-state index contributed by atoms with van der Waals surface area (Å²) in [5.41, 5.74) is 5.54. The number of aromatic nitrogens is 1. The minimum absolute atomic E-state index is 0.0497. The Kier molecular flexibility index (Phi) is 5.49. The largest absolute Gasteiger partial charge is 0.380 e. The molecule has 2 aromatic carbocycles. The fourth-order valence-electron chi connectivity index (χ4n) is 4.17. The molecule has 4 rings (SSSR count). The number of non-ortho nitro benzene ring substituents is 1. The fourth-order valence-corrected chi connectivity index (χ4v) is 5.87. The number of aryl methyl sites for hydroxylation is 3. The van der Waals surface area contributed by atoms with Crippen molar-refractivity contribution in [3.05, 3.63) is 62.8 Å². The van der Waals surface area contributed by atoms with E-state index < -0.39 is 14.9 Å². The van der Waals surface area contributed by atoms with Gasteiger partial charge in [-0.25, -0.2) is 8.42 Å². The lowest BCUT2D eigenvalue weighted by atomic mass is 10.0. The fraction of sp³-hybridized carbons (Fsp3) is 0.364. The number of benzene rings is 2. The number of aromatic amines is 1. The zero-order valence-corrected chi connectivity index (χ0v) is 18.7. The molecule has 0 amide bonds. The molecule has 0 atom stereocenters. The number of fused-ring (bicyclic) bond motifs is 1. The van der Waals surface area contributed by atoms with E-state index in [-0.39, 0.29) is 10.6 Å². The molecule has 1 saturated heterocycles. The number of rotatable bonds is 6. The van der Waals surface area contributed by atoms with Crippen molar-refractivity contribution in [1.29, 1.82) is 0 Å². The number of sulfonamides is 1. The Labute approximate surface area is 181 Å². The molecule has 1 aromatic heterocycles. The van der Waals surface area contributed by atoms with Gasteiger partial charge >= 0.3 is 0 Å². The molecule has 0 spiro atoms. The van der Waals surface area contributed by atoms with E-state index >= 15 is 0 Å². The topological polar surface area (TPSA) is 108 Å². The van der Waals surface area contributed by atoms with Crippen molar-refractivity contribution < 1.29 is 13.3 Å². The SMILES string of the molecule is Cc1cc(CNc2ccc([N+](=O)[O-])cc2S(=O)(=O)N2CCCC2)c2[nH]c(C)c(C)c2c1. The van der Waals surface area contributed by atoms with E-state index in [4.69, 9.17) is 0 Å². The van der Waals surface area contributed by atoms with Crippen LogP contribution in [0.4, 0.5) is 11.4 Å². The number of H-pyrrole nitrogens is 1. The Balaban J connectivity index is 1.73. The summed E-state index contributed by atoms with van der Waals surface area (Å²) in [5.74, 6) is 0. The lowest BCUT2D eigenvalue weighted by Gasteiger charge is -2.19. The summed E-state index contributed by atoms with van der Waals surface area (Å²) in [6.45, 7) is 7.38. The highest BCUT2D eigenvalue weighted by molar-refractivity contribution is 7.89. The quantitative estimate of drug-likeness (QED) is 0.434. The maximum atomic E-state index is 13.2. The summed E-state index contributed by atoms with van der Waals surface area (Å²) >= 11 is 0. The molecule has 1 aliphatic heterocycles. The smallest absolute Gasteiger partial charge is 0.270 e. The van der Waals surface area contributed by atoms with Gasteiger partial charge in [-0.2, -0.15) is 4.31 Å². The van der Waals surface area contributed by atoms with Gasteiger partial charge in [-0.3, -0.25) is 10.1 Å². The molecule has 31 heavy (non-hydrogen) atoms. The van der Waals surface area contributed by atoms with E-state index in [0.29, 0.717) is 25.3 Å². The van der Waals surface area contributed by atoms with Crippen LogP contribution in [0.2, 0.25) is 0 Å². The highest BCUT2D eigenvalue weighted by atomic mass is 32.2. The van der Waals surface area contributed by atoms with Gasteiger partial charge in [0.1, 0.15) is 4.90 Å². The van der Waals surface area contributed by atoms with Crippen molar-refractivity contribution in [2.45, 2.75) is 45.1 Å². The highest BCUT2D eigenvalue weighted by Gasteiger charge is 2.31.